The van der Waals surface area contributed by atoms with Crippen LogP contribution in [0.25, 0.3) is 0 Å². The SMILES string of the molecule is Cc1ccccc1C1CCN(C(=O)c2cccc3c2OCCO3)CCS1. The van der Waals surface area contributed by atoms with Gasteiger partial charge in [-0.15, -0.1) is 0 Å². The van der Waals surface area contributed by atoms with Crippen molar-refractivity contribution in [3.05, 3.63) is 59.2 Å². The quantitative estimate of drug-likeness (QED) is 0.799. The third-order valence-corrected chi connectivity index (χ3v) is 6.27. The summed E-state index contributed by atoms with van der Waals surface area (Å²) < 4.78 is 11.3. The van der Waals surface area contributed by atoms with Crippen LogP contribution in [0.2, 0.25) is 0 Å². The zero-order chi connectivity index (χ0) is 17.9. The number of benzene rings is 2. The first-order chi connectivity index (χ1) is 12.7. The smallest absolute Gasteiger partial charge is 0.257 e. The van der Waals surface area contributed by atoms with E-state index >= 15 is 0 Å². The van der Waals surface area contributed by atoms with Crippen LogP contribution in [0.5, 0.6) is 11.5 Å². The van der Waals surface area contributed by atoms with Crippen molar-refractivity contribution in [2.75, 3.05) is 32.1 Å². The number of nitrogens with zero attached hydrogens (tertiary/aromatic N) is 1. The number of carbonyl (C=O) groups excluding carboxylic acids is 1. The molecule has 0 N–H and O–H groups in total. The Hall–Kier alpha value is -2.14. The summed E-state index contributed by atoms with van der Waals surface area (Å²) in [6.07, 6.45) is 0.966. The molecule has 2 aromatic rings. The van der Waals surface area contributed by atoms with Crippen molar-refractivity contribution in [3.8, 4) is 11.5 Å². The number of hydrogen-bond acceptors (Lipinski definition) is 4. The van der Waals surface area contributed by atoms with E-state index < -0.39 is 0 Å². The van der Waals surface area contributed by atoms with Gasteiger partial charge in [-0.3, -0.25) is 4.79 Å². The largest absolute Gasteiger partial charge is 0.486 e. The van der Waals surface area contributed by atoms with E-state index in [1.165, 1.54) is 11.1 Å². The van der Waals surface area contributed by atoms with E-state index in [0.29, 0.717) is 35.5 Å². The molecule has 1 saturated heterocycles. The Morgan fingerprint density at radius 2 is 1.92 bits per heavy atom. The molecule has 2 aliphatic rings. The van der Waals surface area contributed by atoms with Crippen molar-refractivity contribution >= 4 is 17.7 Å². The van der Waals surface area contributed by atoms with Gasteiger partial charge in [0.25, 0.3) is 5.91 Å². The summed E-state index contributed by atoms with van der Waals surface area (Å²) >= 11 is 1.95. The molecule has 2 aliphatic heterocycles. The first-order valence-electron chi connectivity index (χ1n) is 9.09. The van der Waals surface area contributed by atoms with Crippen LogP contribution in [0, 0.1) is 6.92 Å². The van der Waals surface area contributed by atoms with Gasteiger partial charge < -0.3 is 14.4 Å². The minimum absolute atomic E-state index is 0.0402. The van der Waals surface area contributed by atoms with E-state index in [9.17, 15) is 4.79 Å². The number of fused-ring (bicyclic) bond motifs is 1. The number of ether oxygens (including phenoxy) is 2. The van der Waals surface area contributed by atoms with Gasteiger partial charge in [-0.05, 0) is 36.6 Å². The lowest BCUT2D eigenvalue weighted by molar-refractivity contribution is 0.0756. The topological polar surface area (TPSA) is 38.8 Å². The molecule has 2 heterocycles. The van der Waals surface area contributed by atoms with Crippen LogP contribution in [-0.4, -0.2) is 42.9 Å². The molecule has 5 heteroatoms. The highest BCUT2D eigenvalue weighted by Gasteiger charge is 2.27. The fraction of sp³-hybridized carbons (Fsp3) is 0.381. The lowest BCUT2D eigenvalue weighted by atomic mass is 10.0. The summed E-state index contributed by atoms with van der Waals surface area (Å²) in [5, 5.41) is 0.443. The first-order valence-corrected chi connectivity index (χ1v) is 10.1. The van der Waals surface area contributed by atoms with Crippen LogP contribution in [0.3, 0.4) is 0 Å². The minimum atomic E-state index is 0.0402. The number of hydrogen-bond donors (Lipinski definition) is 0. The summed E-state index contributed by atoms with van der Waals surface area (Å²) in [4.78, 5) is 15.1. The number of thioether (sulfide) groups is 1. The van der Waals surface area contributed by atoms with Gasteiger partial charge in [0.05, 0.1) is 5.56 Å². The number of amides is 1. The molecular formula is C21H23NO3S. The van der Waals surface area contributed by atoms with Crippen molar-refractivity contribution in [1.29, 1.82) is 0 Å². The highest BCUT2D eigenvalue weighted by molar-refractivity contribution is 7.99. The number of aryl methyl sites for hydroxylation is 1. The highest BCUT2D eigenvalue weighted by atomic mass is 32.2. The van der Waals surface area contributed by atoms with Crippen LogP contribution in [-0.2, 0) is 0 Å². The van der Waals surface area contributed by atoms with Crippen molar-refractivity contribution < 1.29 is 14.3 Å². The summed E-state index contributed by atoms with van der Waals surface area (Å²) in [5.41, 5.74) is 3.33. The molecule has 0 aromatic heterocycles. The summed E-state index contributed by atoms with van der Waals surface area (Å²) in [5.74, 6) is 2.25. The molecule has 0 radical (unpaired) electrons. The Morgan fingerprint density at radius 1 is 1.08 bits per heavy atom. The van der Waals surface area contributed by atoms with Crippen LogP contribution in [0.1, 0.15) is 33.2 Å². The maximum atomic E-state index is 13.1. The van der Waals surface area contributed by atoms with E-state index in [0.717, 1.165) is 25.3 Å². The maximum absolute atomic E-state index is 13.1. The molecule has 1 amide bonds. The molecule has 0 bridgehead atoms. The lowest BCUT2D eigenvalue weighted by Crippen LogP contribution is -2.33. The Labute approximate surface area is 158 Å². The standard InChI is InChI=1S/C21H23NO3S/c1-15-5-2-3-6-16(15)19-9-10-22(11-14-26-19)21(23)17-7-4-8-18-20(17)25-13-12-24-18/h2-8,19H,9-14H2,1H3. The number of rotatable bonds is 2. The number of para-hydroxylation sites is 1. The average Bonchev–Trinajstić information content (AvgIpc) is 2.93. The van der Waals surface area contributed by atoms with Gasteiger partial charge >= 0.3 is 0 Å². The molecule has 4 nitrogen and oxygen atoms in total. The van der Waals surface area contributed by atoms with E-state index in [4.69, 9.17) is 9.47 Å². The Balaban J connectivity index is 1.51. The Morgan fingerprint density at radius 3 is 2.81 bits per heavy atom. The molecule has 136 valence electrons. The second kappa shape index (κ2) is 7.62. The monoisotopic (exact) mass is 369 g/mol. The molecule has 26 heavy (non-hydrogen) atoms. The Bertz CT molecular complexity index is 808. The van der Waals surface area contributed by atoms with Gasteiger partial charge in [0.1, 0.15) is 13.2 Å². The maximum Gasteiger partial charge on any atom is 0.257 e. The van der Waals surface area contributed by atoms with Gasteiger partial charge in [0.15, 0.2) is 11.5 Å². The Kier molecular flexibility index (Phi) is 5.07. The molecule has 0 saturated carbocycles. The van der Waals surface area contributed by atoms with Gasteiger partial charge in [-0.1, -0.05) is 30.3 Å². The van der Waals surface area contributed by atoms with Crippen molar-refractivity contribution in [2.24, 2.45) is 0 Å². The molecule has 1 atom stereocenters. The van der Waals surface area contributed by atoms with Crippen LogP contribution in [0.15, 0.2) is 42.5 Å². The van der Waals surface area contributed by atoms with Crippen LogP contribution < -0.4 is 9.47 Å². The zero-order valence-electron chi connectivity index (χ0n) is 14.9. The number of carbonyl (C=O) groups is 1. The fourth-order valence-electron chi connectivity index (χ4n) is 3.58. The van der Waals surface area contributed by atoms with Gasteiger partial charge in [-0.2, -0.15) is 11.8 Å². The fourth-order valence-corrected chi connectivity index (χ4v) is 4.91. The molecule has 1 unspecified atom stereocenters. The summed E-state index contributed by atoms with van der Waals surface area (Å²) in [6.45, 7) is 4.70. The predicted octanol–water partition coefficient (Wildman–Crippen LogP) is 4.09. The van der Waals surface area contributed by atoms with Crippen molar-refractivity contribution in [2.45, 2.75) is 18.6 Å². The molecular weight excluding hydrogens is 346 g/mol. The summed E-state index contributed by atoms with van der Waals surface area (Å²) in [6, 6.07) is 14.1. The summed E-state index contributed by atoms with van der Waals surface area (Å²) in [7, 11) is 0. The van der Waals surface area contributed by atoms with Crippen LogP contribution >= 0.6 is 11.8 Å². The third kappa shape index (κ3) is 3.40. The van der Waals surface area contributed by atoms with E-state index in [-0.39, 0.29) is 5.91 Å². The molecule has 2 aromatic carbocycles. The predicted molar refractivity (Wildman–Crippen MR) is 104 cm³/mol. The lowest BCUT2D eigenvalue weighted by Gasteiger charge is -2.25. The first kappa shape index (κ1) is 17.3. The average molecular weight is 369 g/mol. The van der Waals surface area contributed by atoms with Gasteiger partial charge in [-0.25, -0.2) is 0 Å². The zero-order valence-corrected chi connectivity index (χ0v) is 15.8. The van der Waals surface area contributed by atoms with E-state index in [1.54, 1.807) is 0 Å². The van der Waals surface area contributed by atoms with Gasteiger partial charge in [0, 0.05) is 24.1 Å². The molecule has 0 spiro atoms. The molecule has 1 fully saturated rings. The van der Waals surface area contributed by atoms with Crippen LogP contribution in [0.4, 0.5) is 0 Å². The van der Waals surface area contributed by atoms with E-state index in [2.05, 4.69) is 31.2 Å². The van der Waals surface area contributed by atoms with Gasteiger partial charge in [0.2, 0.25) is 0 Å². The second-order valence-electron chi connectivity index (χ2n) is 6.63. The normalized spacial score (nSPS) is 19.7. The minimum Gasteiger partial charge on any atom is -0.486 e. The molecule has 0 aliphatic carbocycles. The van der Waals surface area contributed by atoms with Crippen molar-refractivity contribution in [3.63, 3.8) is 0 Å². The van der Waals surface area contributed by atoms with E-state index in [1.807, 2.05) is 34.9 Å². The highest BCUT2D eigenvalue weighted by Crippen LogP contribution is 2.38. The third-order valence-electron chi connectivity index (χ3n) is 4.96. The molecule has 4 rings (SSSR count). The van der Waals surface area contributed by atoms with Crippen molar-refractivity contribution in [1.82, 2.24) is 4.90 Å². The second-order valence-corrected chi connectivity index (χ2v) is 7.94.